The Bertz CT molecular complexity index is 257. The first kappa shape index (κ1) is 9.90. The van der Waals surface area contributed by atoms with E-state index in [1.807, 2.05) is 12.1 Å². The highest BCUT2D eigenvalue weighted by molar-refractivity contribution is 5.46. The van der Waals surface area contributed by atoms with E-state index in [9.17, 15) is 0 Å². The molecule has 1 aromatic rings. The molecule has 0 heterocycles. The van der Waals surface area contributed by atoms with E-state index >= 15 is 0 Å². The van der Waals surface area contributed by atoms with E-state index in [-0.39, 0.29) is 0 Å². The highest BCUT2D eigenvalue weighted by atomic mass is 16.5. The molecule has 0 saturated heterocycles. The minimum atomic E-state index is 0.388. The topological polar surface area (TPSA) is 18.5 Å². The molecule has 0 aliphatic rings. The molecule has 2 heteroatoms. The zero-order valence-corrected chi connectivity index (χ0v) is 8.55. The monoisotopic (exact) mass is 179 g/mol. The number of benzene rings is 1. The molecule has 0 aliphatic carbocycles. The molecule has 0 spiro atoms. The fourth-order valence-electron chi connectivity index (χ4n) is 1.38. The zero-order chi connectivity index (χ0) is 9.84. The second-order valence-corrected chi connectivity index (χ2v) is 3.16. The molecule has 2 nitrogen and oxygen atoms in total. The van der Waals surface area contributed by atoms with E-state index in [1.165, 1.54) is 0 Å². The van der Waals surface area contributed by atoms with Crippen molar-refractivity contribution in [2.45, 2.75) is 19.8 Å². The van der Waals surface area contributed by atoms with Gasteiger partial charge in [-0.3, -0.25) is 0 Å². The smallest absolute Gasteiger partial charge is 0.126 e. The van der Waals surface area contributed by atoms with Gasteiger partial charge in [-0.05, 0) is 24.1 Å². The molecule has 0 aromatic heterocycles. The van der Waals surface area contributed by atoms with E-state index in [0.717, 1.165) is 17.1 Å². The second kappa shape index (κ2) is 4.17. The number of methoxy groups -OCH3 is 2. The molecule has 71 valence electrons. The summed E-state index contributed by atoms with van der Waals surface area (Å²) in [5.74, 6) is 2.07. The van der Waals surface area contributed by atoms with Crippen LogP contribution in [0, 0.1) is 6.07 Å². The van der Waals surface area contributed by atoms with Gasteiger partial charge in [0.25, 0.3) is 0 Å². The minimum Gasteiger partial charge on any atom is -0.496 e. The van der Waals surface area contributed by atoms with Crippen LogP contribution < -0.4 is 9.47 Å². The Labute approximate surface area is 79.5 Å². The number of ether oxygens (including phenoxy) is 2. The molecule has 0 unspecified atom stereocenters. The predicted octanol–water partition coefficient (Wildman–Crippen LogP) is 2.63. The van der Waals surface area contributed by atoms with Gasteiger partial charge in [-0.2, -0.15) is 0 Å². The van der Waals surface area contributed by atoms with Crippen molar-refractivity contribution in [3.63, 3.8) is 0 Å². The average molecular weight is 179 g/mol. The largest absolute Gasteiger partial charge is 0.496 e. The van der Waals surface area contributed by atoms with Crippen LogP contribution in [0.5, 0.6) is 11.5 Å². The van der Waals surface area contributed by atoms with Crippen molar-refractivity contribution < 1.29 is 9.47 Å². The van der Waals surface area contributed by atoms with Gasteiger partial charge in [-0.15, -0.1) is 0 Å². The van der Waals surface area contributed by atoms with E-state index in [4.69, 9.17) is 9.47 Å². The molecule has 13 heavy (non-hydrogen) atoms. The summed E-state index contributed by atoms with van der Waals surface area (Å²) in [6, 6.07) is 6.64. The molecule has 0 N–H and O–H groups in total. The summed E-state index contributed by atoms with van der Waals surface area (Å²) in [5, 5.41) is 0. The van der Waals surface area contributed by atoms with Crippen LogP contribution in [-0.2, 0) is 0 Å². The third kappa shape index (κ3) is 1.94. The average Bonchev–Trinajstić information content (AvgIpc) is 2.16. The molecule has 1 aromatic carbocycles. The van der Waals surface area contributed by atoms with Gasteiger partial charge in [-0.1, -0.05) is 13.8 Å². The van der Waals surface area contributed by atoms with E-state index in [2.05, 4.69) is 19.9 Å². The number of hydrogen-bond acceptors (Lipinski definition) is 2. The maximum atomic E-state index is 5.24. The molecule has 1 rings (SSSR count). The quantitative estimate of drug-likeness (QED) is 0.710. The van der Waals surface area contributed by atoms with Gasteiger partial charge in [0.1, 0.15) is 11.5 Å². The zero-order valence-electron chi connectivity index (χ0n) is 8.55. The van der Waals surface area contributed by atoms with E-state index in [1.54, 1.807) is 14.2 Å². The Balaban J connectivity index is 3.21. The highest BCUT2D eigenvalue weighted by Crippen LogP contribution is 2.34. The van der Waals surface area contributed by atoms with Crippen molar-refractivity contribution in [2.24, 2.45) is 0 Å². The Morgan fingerprint density at radius 3 is 1.85 bits per heavy atom. The summed E-state index contributed by atoms with van der Waals surface area (Å²) < 4.78 is 10.5. The normalized spacial score (nSPS) is 10.2. The van der Waals surface area contributed by atoms with Crippen LogP contribution in [0.2, 0.25) is 0 Å². The van der Waals surface area contributed by atoms with Crippen LogP contribution in [0.3, 0.4) is 0 Å². The van der Waals surface area contributed by atoms with Gasteiger partial charge in [0.15, 0.2) is 0 Å². The number of hydrogen-bond donors (Lipinski definition) is 0. The second-order valence-electron chi connectivity index (χ2n) is 3.16. The summed E-state index contributed by atoms with van der Waals surface area (Å²) >= 11 is 0. The first-order chi connectivity index (χ1) is 6.20. The van der Waals surface area contributed by atoms with E-state index in [0.29, 0.717) is 5.92 Å². The van der Waals surface area contributed by atoms with Gasteiger partial charge >= 0.3 is 0 Å². The lowest BCUT2D eigenvalue weighted by atomic mass is 10.0. The van der Waals surface area contributed by atoms with E-state index < -0.39 is 0 Å². The molecule has 0 amide bonds. The van der Waals surface area contributed by atoms with Crippen molar-refractivity contribution >= 4 is 0 Å². The fourth-order valence-corrected chi connectivity index (χ4v) is 1.38. The Kier molecular flexibility index (Phi) is 3.18. The third-order valence-corrected chi connectivity index (χ3v) is 1.98. The maximum absolute atomic E-state index is 5.24. The molecule has 0 fully saturated rings. The van der Waals surface area contributed by atoms with Crippen LogP contribution in [0.25, 0.3) is 0 Å². The lowest BCUT2D eigenvalue weighted by molar-refractivity contribution is 0.382. The summed E-state index contributed by atoms with van der Waals surface area (Å²) in [7, 11) is 3.32. The Hall–Kier alpha value is -1.18. The molecule has 0 saturated carbocycles. The van der Waals surface area contributed by atoms with Gasteiger partial charge in [0, 0.05) is 5.56 Å². The molecular formula is C11H15O2. The van der Waals surface area contributed by atoms with Gasteiger partial charge in [0.05, 0.1) is 14.2 Å². The molecular weight excluding hydrogens is 164 g/mol. The van der Waals surface area contributed by atoms with Gasteiger partial charge in [-0.25, -0.2) is 0 Å². The van der Waals surface area contributed by atoms with Crippen molar-refractivity contribution in [2.75, 3.05) is 14.2 Å². The van der Waals surface area contributed by atoms with Crippen LogP contribution >= 0.6 is 0 Å². The molecule has 0 bridgehead atoms. The minimum absolute atomic E-state index is 0.388. The summed E-state index contributed by atoms with van der Waals surface area (Å²) in [5.41, 5.74) is 1.10. The Morgan fingerprint density at radius 1 is 1.08 bits per heavy atom. The molecule has 0 aliphatic heterocycles. The first-order valence-corrected chi connectivity index (χ1v) is 4.32. The maximum Gasteiger partial charge on any atom is 0.126 e. The number of rotatable bonds is 3. The lowest BCUT2D eigenvalue weighted by Crippen LogP contribution is -1.98. The van der Waals surface area contributed by atoms with Crippen LogP contribution in [0.15, 0.2) is 12.1 Å². The summed E-state index contributed by atoms with van der Waals surface area (Å²) in [6.07, 6.45) is 0. The fraction of sp³-hybridized carbons (Fsp3) is 0.455. The van der Waals surface area contributed by atoms with Crippen LogP contribution in [0.4, 0.5) is 0 Å². The summed E-state index contributed by atoms with van der Waals surface area (Å²) in [6.45, 7) is 4.22. The standard InChI is InChI=1S/C11H15O2/c1-8(2)11-9(12-3)6-5-7-10(11)13-4/h6-8H,1-4H3. The third-order valence-electron chi connectivity index (χ3n) is 1.98. The Morgan fingerprint density at radius 2 is 1.54 bits per heavy atom. The van der Waals surface area contributed by atoms with Crippen molar-refractivity contribution in [3.05, 3.63) is 23.8 Å². The lowest BCUT2D eigenvalue weighted by Gasteiger charge is -2.15. The highest BCUT2D eigenvalue weighted by Gasteiger charge is 2.12. The predicted molar refractivity (Wildman–Crippen MR) is 52.5 cm³/mol. The van der Waals surface area contributed by atoms with Gasteiger partial charge < -0.3 is 9.47 Å². The van der Waals surface area contributed by atoms with Crippen molar-refractivity contribution in [3.8, 4) is 11.5 Å². The first-order valence-electron chi connectivity index (χ1n) is 4.32. The van der Waals surface area contributed by atoms with Crippen LogP contribution in [-0.4, -0.2) is 14.2 Å². The van der Waals surface area contributed by atoms with Crippen molar-refractivity contribution in [1.82, 2.24) is 0 Å². The SMILES string of the molecule is COc1c[c]cc(OC)c1C(C)C. The van der Waals surface area contributed by atoms with Gasteiger partial charge in [0.2, 0.25) is 0 Å². The summed E-state index contributed by atoms with van der Waals surface area (Å²) in [4.78, 5) is 0. The molecule has 0 atom stereocenters. The van der Waals surface area contributed by atoms with Crippen molar-refractivity contribution in [1.29, 1.82) is 0 Å². The van der Waals surface area contributed by atoms with Crippen LogP contribution in [0.1, 0.15) is 25.3 Å². The molecule has 1 radical (unpaired) electrons.